The molecule has 1 aromatic heterocycles. The van der Waals surface area contributed by atoms with Crippen molar-refractivity contribution in [3.8, 4) is 0 Å². The lowest BCUT2D eigenvalue weighted by molar-refractivity contribution is -0.385. The second-order valence-electron chi connectivity index (χ2n) is 2.88. The van der Waals surface area contributed by atoms with E-state index >= 15 is 0 Å². The fourth-order valence-electron chi connectivity index (χ4n) is 1.00. The van der Waals surface area contributed by atoms with Gasteiger partial charge in [0.15, 0.2) is 0 Å². The van der Waals surface area contributed by atoms with Gasteiger partial charge in [0.2, 0.25) is 0 Å². The minimum atomic E-state index is -0.485. The molecule has 0 radical (unpaired) electrons. The Morgan fingerprint density at radius 3 is 3.08 bits per heavy atom. The summed E-state index contributed by atoms with van der Waals surface area (Å²) < 4.78 is 0. The van der Waals surface area contributed by atoms with Crippen LogP contribution in [0.5, 0.6) is 0 Å². The van der Waals surface area contributed by atoms with Gasteiger partial charge < -0.3 is 5.11 Å². The molecule has 0 saturated carbocycles. The van der Waals surface area contributed by atoms with Crippen LogP contribution < -0.4 is 0 Å². The molecule has 0 bridgehead atoms. The molecule has 1 unspecified atom stereocenters. The molecule has 2 N–H and O–H groups in total. The molecule has 13 heavy (non-hydrogen) atoms. The van der Waals surface area contributed by atoms with Crippen molar-refractivity contribution in [2.45, 2.75) is 25.9 Å². The van der Waals surface area contributed by atoms with E-state index in [9.17, 15) is 10.1 Å². The number of aromatic amines is 1. The predicted molar refractivity (Wildman–Crippen MR) is 45.2 cm³/mol. The maximum Gasteiger partial charge on any atom is 0.309 e. The zero-order valence-electron chi connectivity index (χ0n) is 7.23. The summed E-state index contributed by atoms with van der Waals surface area (Å²) in [6.07, 6.45) is 1.65. The zero-order chi connectivity index (χ0) is 9.84. The van der Waals surface area contributed by atoms with E-state index < -0.39 is 11.0 Å². The Morgan fingerprint density at radius 1 is 1.85 bits per heavy atom. The topological polar surface area (TPSA) is 92.0 Å². The lowest BCUT2D eigenvalue weighted by Gasteiger charge is -2.00. The summed E-state index contributed by atoms with van der Waals surface area (Å²) in [7, 11) is 0. The van der Waals surface area contributed by atoms with E-state index in [0.717, 1.165) is 0 Å². The predicted octanol–water partition coefficient (Wildman–Crippen LogP) is 0.631. The maximum absolute atomic E-state index is 10.4. The number of nitro groups is 1. The third-order valence-corrected chi connectivity index (χ3v) is 1.70. The Balaban J connectivity index is 2.65. The molecule has 0 aliphatic rings. The summed E-state index contributed by atoms with van der Waals surface area (Å²) in [6.45, 7) is 1.64. The van der Waals surface area contributed by atoms with E-state index in [2.05, 4.69) is 10.2 Å². The van der Waals surface area contributed by atoms with Gasteiger partial charge in [-0.2, -0.15) is 5.10 Å². The lowest BCUT2D eigenvalue weighted by atomic mass is 10.1. The average Bonchev–Trinajstić information content (AvgIpc) is 2.47. The second kappa shape index (κ2) is 3.99. The van der Waals surface area contributed by atoms with Gasteiger partial charge in [0.1, 0.15) is 11.9 Å². The van der Waals surface area contributed by atoms with Crippen LogP contribution in [0.1, 0.15) is 19.0 Å². The summed E-state index contributed by atoms with van der Waals surface area (Å²) in [4.78, 5) is 9.93. The van der Waals surface area contributed by atoms with Crippen LogP contribution in [0.2, 0.25) is 0 Å². The second-order valence-corrected chi connectivity index (χ2v) is 2.88. The number of hydrogen-bond acceptors (Lipinski definition) is 4. The molecular weight excluding hydrogens is 174 g/mol. The van der Waals surface area contributed by atoms with E-state index in [-0.39, 0.29) is 5.69 Å². The van der Waals surface area contributed by atoms with Crippen LogP contribution >= 0.6 is 0 Å². The first-order valence-electron chi connectivity index (χ1n) is 3.96. The third kappa shape index (κ3) is 2.51. The molecule has 0 spiro atoms. The van der Waals surface area contributed by atoms with Crippen LogP contribution in [0.25, 0.3) is 0 Å². The smallest absolute Gasteiger partial charge is 0.309 e. The molecular formula is C7H11N3O3. The number of aromatic nitrogens is 2. The van der Waals surface area contributed by atoms with Gasteiger partial charge in [-0.25, -0.2) is 0 Å². The standard InChI is InChI=1S/C7H11N3O3/c1-5(11)2-3-6-7(10(12)13)4-8-9-6/h4-5,11H,2-3H2,1H3,(H,8,9). The average molecular weight is 185 g/mol. The highest BCUT2D eigenvalue weighted by Gasteiger charge is 2.15. The van der Waals surface area contributed by atoms with Gasteiger partial charge in [0, 0.05) is 0 Å². The number of H-pyrrole nitrogens is 1. The van der Waals surface area contributed by atoms with E-state index in [1.807, 2.05) is 0 Å². The molecule has 72 valence electrons. The number of hydrogen-bond donors (Lipinski definition) is 2. The fourth-order valence-corrected chi connectivity index (χ4v) is 1.00. The minimum Gasteiger partial charge on any atom is -0.393 e. The molecule has 6 heteroatoms. The monoisotopic (exact) mass is 185 g/mol. The molecule has 0 saturated heterocycles. The van der Waals surface area contributed by atoms with Crippen molar-refractivity contribution in [3.05, 3.63) is 22.0 Å². The molecule has 6 nitrogen and oxygen atoms in total. The Labute approximate surface area is 74.7 Å². The molecule has 0 aromatic carbocycles. The number of aliphatic hydroxyl groups is 1. The fraction of sp³-hybridized carbons (Fsp3) is 0.571. The van der Waals surface area contributed by atoms with Gasteiger partial charge in [-0.3, -0.25) is 15.2 Å². The van der Waals surface area contributed by atoms with E-state index in [4.69, 9.17) is 5.11 Å². The Kier molecular flexibility index (Phi) is 2.97. The molecule has 0 amide bonds. The molecule has 0 fully saturated rings. The van der Waals surface area contributed by atoms with Crippen LogP contribution in [0.15, 0.2) is 6.20 Å². The highest BCUT2D eigenvalue weighted by molar-refractivity contribution is 5.31. The number of nitrogens with one attached hydrogen (secondary N) is 1. The van der Waals surface area contributed by atoms with E-state index in [0.29, 0.717) is 18.5 Å². The third-order valence-electron chi connectivity index (χ3n) is 1.70. The summed E-state index contributed by atoms with van der Waals surface area (Å²) in [6, 6.07) is 0. The van der Waals surface area contributed by atoms with Crippen molar-refractivity contribution in [2.75, 3.05) is 0 Å². The van der Waals surface area contributed by atoms with Crippen molar-refractivity contribution in [2.24, 2.45) is 0 Å². The van der Waals surface area contributed by atoms with Crippen LogP contribution in [-0.4, -0.2) is 26.3 Å². The summed E-state index contributed by atoms with van der Waals surface area (Å²) in [5, 5.41) is 25.5. The summed E-state index contributed by atoms with van der Waals surface area (Å²) in [5.74, 6) is 0. The number of aryl methyl sites for hydroxylation is 1. The normalized spacial score (nSPS) is 12.8. The van der Waals surface area contributed by atoms with Crippen LogP contribution in [-0.2, 0) is 6.42 Å². The van der Waals surface area contributed by atoms with E-state index in [1.165, 1.54) is 6.20 Å². The molecule has 1 rings (SSSR count). The van der Waals surface area contributed by atoms with Crippen molar-refractivity contribution < 1.29 is 10.0 Å². The first kappa shape index (κ1) is 9.66. The highest BCUT2D eigenvalue weighted by atomic mass is 16.6. The first-order chi connectivity index (χ1) is 6.11. The zero-order valence-corrected chi connectivity index (χ0v) is 7.23. The SMILES string of the molecule is CC(O)CCc1[nH]ncc1[N+](=O)[O-]. The van der Waals surface area contributed by atoms with Crippen LogP contribution in [0.4, 0.5) is 5.69 Å². The van der Waals surface area contributed by atoms with Crippen LogP contribution in [0, 0.1) is 10.1 Å². The first-order valence-corrected chi connectivity index (χ1v) is 3.96. The number of nitrogens with zero attached hydrogens (tertiary/aromatic N) is 2. The largest absolute Gasteiger partial charge is 0.393 e. The molecule has 1 aromatic rings. The van der Waals surface area contributed by atoms with Crippen molar-refractivity contribution in [1.29, 1.82) is 0 Å². The number of aliphatic hydroxyl groups excluding tert-OH is 1. The lowest BCUT2D eigenvalue weighted by Crippen LogP contribution is -2.03. The molecule has 1 atom stereocenters. The van der Waals surface area contributed by atoms with Gasteiger partial charge in [-0.1, -0.05) is 0 Å². The molecule has 1 heterocycles. The van der Waals surface area contributed by atoms with Gasteiger partial charge in [-0.15, -0.1) is 0 Å². The van der Waals surface area contributed by atoms with Crippen molar-refractivity contribution >= 4 is 5.69 Å². The Bertz CT molecular complexity index is 295. The highest BCUT2D eigenvalue weighted by Crippen LogP contribution is 2.16. The summed E-state index contributed by atoms with van der Waals surface area (Å²) in [5.41, 5.74) is 0.451. The number of rotatable bonds is 4. The molecule has 0 aliphatic carbocycles. The Hall–Kier alpha value is -1.43. The van der Waals surface area contributed by atoms with Gasteiger partial charge in [-0.05, 0) is 19.8 Å². The van der Waals surface area contributed by atoms with Crippen molar-refractivity contribution in [3.63, 3.8) is 0 Å². The van der Waals surface area contributed by atoms with Gasteiger partial charge in [0.05, 0.1) is 11.0 Å². The Morgan fingerprint density at radius 2 is 2.54 bits per heavy atom. The molecule has 0 aliphatic heterocycles. The van der Waals surface area contributed by atoms with Crippen molar-refractivity contribution in [1.82, 2.24) is 10.2 Å². The minimum absolute atomic E-state index is 0.0133. The van der Waals surface area contributed by atoms with E-state index in [1.54, 1.807) is 6.92 Å². The summed E-state index contributed by atoms with van der Waals surface area (Å²) >= 11 is 0. The van der Waals surface area contributed by atoms with Crippen LogP contribution in [0.3, 0.4) is 0 Å². The van der Waals surface area contributed by atoms with Gasteiger partial charge >= 0.3 is 5.69 Å². The maximum atomic E-state index is 10.4. The quantitative estimate of drug-likeness (QED) is 0.531. The van der Waals surface area contributed by atoms with Gasteiger partial charge in [0.25, 0.3) is 0 Å².